The number of carbonyl (C=O) groups excluding carboxylic acids is 5. The van der Waals surface area contributed by atoms with Crippen molar-refractivity contribution in [3.05, 3.63) is 0 Å². The largest absolute Gasteiger partial charge is 0.480 e. The highest BCUT2D eigenvalue weighted by molar-refractivity contribution is 5.95. The third-order valence-corrected chi connectivity index (χ3v) is 4.73. The van der Waals surface area contributed by atoms with Crippen LogP contribution in [0.3, 0.4) is 0 Å². The van der Waals surface area contributed by atoms with Gasteiger partial charge >= 0.3 is 5.97 Å². The average Bonchev–Trinajstić information content (AvgIpc) is 2.68. The number of carboxylic acid groups (broad SMARTS) is 1. The van der Waals surface area contributed by atoms with E-state index in [2.05, 4.69) is 16.0 Å². The van der Waals surface area contributed by atoms with Gasteiger partial charge in [-0.3, -0.25) is 24.0 Å². The molecular weight excluding hydrogens is 448 g/mol. The Morgan fingerprint density at radius 3 is 1.59 bits per heavy atom. The van der Waals surface area contributed by atoms with E-state index in [4.69, 9.17) is 17.2 Å². The van der Waals surface area contributed by atoms with Gasteiger partial charge in [-0.2, -0.15) is 0 Å². The van der Waals surface area contributed by atoms with Gasteiger partial charge in [0.2, 0.25) is 29.5 Å². The van der Waals surface area contributed by atoms with Crippen LogP contribution in [-0.4, -0.2) is 64.8 Å². The third kappa shape index (κ3) is 12.7. The second kappa shape index (κ2) is 14.8. The molecule has 34 heavy (non-hydrogen) atoms. The third-order valence-electron chi connectivity index (χ3n) is 4.73. The van der Waals surface area contributed by atoms with E-state index < -0.39 is 66.1 Å². The summed E-state index contributed by atoms with van der Waals surface area (Å²) in [7, 11) is 0. The standard InChI is InChI=1S/C21H38N6O7/c1-10(2)7-14(26-18(30)12(22)9-17(24)29)20(32)25-13(5-6-16(23)28)19(31)27-15(21(33)34)8-11(3)4/h10-15H,5-9,22H2,1-4H3,(H2,23,28)(H2,24,29)(H,25,32)(H,26,30)(H,27,31)(H,33,34). The summed E-state index contributed by atoms with van der Waals surface area (Å²) in [5.74, 6) is -5.15. The van der Waals surface area contributed by atoms with Crippen molar-refractivity contribution < 1.29 is 33.9 Å². The summed E-state index contributed by atoms with van der Waals surface area (Å²) in [5.41, 5.74) is 15.8. The van der Waals surface area contributed by atoms with E-state index in [0.29, 0.717) is 0 Å². The molecule has 0 aliphatic carbocycles. The van der Waals surface area contributed by atoms with Crippen molar-refractivity contribution in [3.63, 3.8) is 0 Å². The molecule has 0 aliphatic rings. The summed E-state index contributed by atoms with van der Waals surface area (Å²) < 4.78 is 0. The number of primary amides is 2. The highest BCUT2D eigenvalue weighted by atomic mass is 16.4. The summed E-state index contributed by atoms with van der Waals surface area (Å²) in [6, 6.07) is -4.85. The molecule has 0 saturated carbocycles. The van der Waals surface area contributed by atoms with Crippen LogP contribution in [0.2, 0.25) is 0 Å². The van der Waals surface area contributed by atoms with Gasteiger partial charge in [0.15, 0.2) is 0 Å². The molecule has 5 amide bonds. The minimum Gasteiger partial charge on any atom is -0.480 e. The molecule has 4 unspecified atom stereocenters. The Morgan fingerprint density at radius 1 is 0.706 bits per heavy atom. The number of nitrogens with one attached hydrogen (secondary N) is 3. The molecule has 0 heterocycles. The summed E-state index contributed by atoms with van der Waals surface area (Å²) in [6.45, 7) is 7.18. The van der Waals surface area contributed by atoms with Gasteiger partial charge in [-0.15, -0.1) is 0 Å². The molecule has 0 aromatic carbocycles. The lowest BCUT2D eigenvalue weighted by molar-refractivity contribution is -0.143. The van der Waals surface area contributed by atoms with Crippen molar-refractivity contribution in [1.82, 2.24) is 16.0 Å². The minimum atomic E-state index is -1.28. The number of nitrogens with two attached hydrogens (primary N) is 3. The van der Waals surface area contributed by atoms with Gasteiger partial charge in [0.05, 0.1) is 12.5 Å². The molecule has 0 spiro atoms. The highest BCUT2D eigenvalue weighted by Crippen LogP contribution is 2.09. The zero-order valence-corrected chi connectivity index (χ0v) is 20.1. The van der Waals surface area contributed by atoms with Crippen molar-refractivity contribution in [2.45, 2.75) is 84.0 Å². The Balaban J connectivity index is 5.59. The van der Waals surface area contributed by atoms with Gasteiger partial charge in [-0.25, -0.2) is 4.79 Å². The first-order valence-electron chi connectivity index (χ1n) is 11.1. The predicted molar refractivity (Wildman–Crippen MR) is 123 cm³/mol. The first-order chi connectivity index (χ1) is 15.6. The molecule has 0 radical (unpaired) electrons. The van der Waals surface area contributed by atoms with Crippen LogP contribution < -0.4 is 33.2 Å². The summed E-state index contributed by atoms with van der Waals surface area (Å²) in [6.07, 6.45) is -0.509. The molecule has 0 rings (SSSR count). The number of rotatable bonds is 16. The Bertz CT molecular complexity index is 756. The van der Waals surface area contributed by atoms with Gasteiger partial charge in [-0.05, 0) is 31.1 Å². The van der Waals surface area contributed by atoms with Crippen LogP contribution in [0.4, 0.5) is 0 Å². The van der Waals surface area contributed by atoms with E-state index in [0.717, 1.165) is 0 Å². The molecule has 0 aromatic heterocycles. The van der Waals surface area contributed by atoms with E-state index in [1.165, 1.54) is 0 Å². The minimum absolute atomic E-state index is 0.0321. The van der Waals surface area contributed by atoms with E-state index in [1.54, 1.807) is 27.7 Å². The van der Waals surface area contributed by atoms with Crippen molar-refractivity contribution in [1.29, 1.82) is 0 Å². The molecule has 4 atom stereocenters. The van der Waals surface area contributed by atoms with Gasteiger partial charge in [-0.1, -0.05) is 27.7 Å². The molecule has 13 nitrogen and oxygen atoms in total. The van der Waals surface area contributed by atoms with Crippen LogP contribution in [0, 0.1) is 11.8 Å². The van der Waals surface area contributed by atoms with Gasteiger partial charge in [0.25, 0.3) is 0 Å². The van der Waals surface area contributed by atoms with E-state index in [9.17, 15) is 33.9 Å². The van der Waals surface area contributed by atoms with Crippen molar-refractivity contribution >= 4 is 35.5 Å². The normalized spacial score (nSPS) is 14.6. The maximum absolute atomic E-state index is 12.9. The maximum atomic E-state index is 12.9. The van der Waals surface area contributed by atoms with Crippen molar-refractivity contribution in [3.8, 4) is 0 Å². The molecular formula is C21H38N6O7. The van der Waals surface area contributed by atoms with Crippen LogP contribution in [0.1, 0.15) is 59.8 Å². The first kappa shape index (κ1) is 30.8. The number of amides is 5. The molecule has 0 aliphatic heterocycles. The monoisotopic (exact) mass is 486 g/mol. The first-order valence-corrected chi connectivity index (χ1v) is 11.1. The Labute approximate surface area is 198 Å². The van der Waals surface area contributed by atoms with Crippen LogP contribution in [0.25, 0.3) is 0 Å². The second-order valence-corrected chi connectivity index (χ2v) is 9.06. The fourth-order valence-electron chi connectivity index (χ4n) is 3.08. The zero-order chi connectivity index (χ0) is 26.6. The number of carboxylic acids is 1. The molecule has 0 fully saturated rings. The number of carbonyl (C=O) groups is 6. The van der Waals surface area contributed by atoms with Gasteiger partial charge < -0.3 is 38.3 Å². The molecule has 10 N–H and O–H groups in total. The molecule has 13 heteroatoms. The maximum Gasteiger partial charge on any atom is 0.326 e. The predicted octanol–water partition coefficient (Wildman–Crippen LogP) is -1.91. The topological polar surface area (TPSA) is 237 Å². The average molecular weight is 487 g/mol. The number of hydrogen-bond donors (Lipinski definition) is 7. The molecule has 0 aromatic rings. The fourth-order valence-corrected chi connectivity index (χ4v) is 3.08. The van der Waals surface area contributed by atoms with Crippen LogP contribution in [0.5, 0.6) is 0 Å². The van der Waals surface area contributed by atoms with Crippen molar-refractivity contribution in [2.24, 2.45) is 29.0 Å². The molecule has 194 valence electrons. The van der Waals surface area contributed by atoms with Crippen molar-refractivity contribution in [2.75, 3.05) is 0 Å². The molecule has 0 saturated heterocycles. The lowest BCUT2D eigenvalue weighted by Gasteiger charge is -2.26. The number of hydrogen-bond acceptors (Lipinski definition) is 7. The fraction of sp³-hybridized carbons (Fsp3) is 0.714. The number of aliphatic carboxylic acids is 1. The summed E-state index contributed by atoms with van der Waals surface area (Å²) >= 11 is 0. The summed E-state index contributed by atoms with van der Waals surface area (Å²) in [4.78, 5) is 71.8. The Hall–Kier alpha value is -3.22. The zero-order valence-electron chi connectivity index (χ0n) is 20.1. The van der Waals surface area contributed by atoms with E-state index >= 15 is 0 Å². The lowest BCUT2D eigenvalue weighted by atomic mass is 10.0. The van der Waals surface area contributed by atoms with Crippen LogP contribution >= 0.6 is 0 Å². The smallest absolute Gasteiger partial charge is 0.326 e. The highest BCUT2D eigenvalue weighted by Gasteiger charge is 2.31. The Kier molecular flexibility index (Phi) is 13.4. The van der Waals surface area contributed by atoms with Crippen LogP contribution in [0.15, 0.2) is 0 Å². The second-order valence-electron chi connectivity index (χ2n) is 9.06. The SMILES string of the molecule is CC(C)CC(NC(=O)C(CCC(N)=O)NC(=O)C(CC(C)C)NC(=O)C(N)CC(N)=O)C(=O)O. The summed E-state index contributed by atoms with van der Waals surface area (Å²) in [5, 5.41) is 16.7. The quantitative estimate of drug-likeness (QED) is 0.129. The van der Waals surface area contributed by atoms with E-state index in [1.807, 2.05) is 0 Å². The molecule has 0 bridgehead atoms. The van der Waals surface area contributed by atoms with Crippen LogP contribution in [-0.2, 0) is 28.8 Å². The Morgan fingerprint density at radius 2 is 1.15 bits per heavy atom. The lowest BCUT2D eigenvalue weighted by Crippen LogP contribution is -2.57. The van der Waals surface area contributed by atoms with E-state index in [-0.39, 0.29) is 37.5 Å². The van der Waals surface area contributed by atoms with Gasteiger partial charge in [0, 0.05) is 6.42 Å². The van der Waals surface area contributed by atoms with Gasteiger partial charge in [0.1, 0.15) is 18.1 Å².